The summed E-state index contributed by atoms with van der Waals surface area (Å²) in [5.74, 6) is -0.281. The average Bonchev–Trinajstić information content (AvgIpc) is 3.19. The molecule has 7 nitrogen and oxygen atoms in total. The molecule has 0 aliphatic heterocycles. The van der Waals surface area contributed by atoms with Gasteiger partial charge in [-0.1, -0.05) is 30.3 Å². The summed E-state index contributed by atoms with van der Waals surface area (Å²) in [7, 11) is 0. The molecule has 0 atom stereocenters. The van der Waals surface area contributed by atoms with Crippen molar-refractivity contribution in [3.05, 3.63) is 94.6 Å². The molecule has 2 aromatic carbocycles. The molecule has 3 rings (SSSR count). The summed E-state index contributed by atoms with van der Waals surface area (Å²) in [6.07, 6.45) is 8.13. The first-order valence-corrected chi connectivity index (χ1v) is 7.90. The third-order valence-corrected chi connectivity index (χ3v) is 3.74. The fraction of sp³-hybridized carbons (Fsp3) is 0.0526. The number of hydrogen-bond acceptors (Lipinski definition) is 4. The summed E-state index contributed by atoms with van der Waals surface area (Å²) in [6, 6.07) is 13.8. The van der Waals surface area contributed by atoms with Crippen LogP contribution in [-0.4, -0.2) is 20.4 Å². The Hall–Kier alpha value is -3.74. The number of carbonyl (C=O) groups excluding carboxylic acids is 1. The standard InChI is InChI=1S/C19H16N4O3/c24-19(9-8-15-4-3-6-17(12-15)23(25)26)21-13-16-5-1-2-7-18(16)22-11-10-20-14-22/h1-12,14H,13H2,(H,21,24)/b9-8+. The van der Waals surface area contributed by atoms with Gasteiger partial charge >= 0.3 is 0 Å². The Morgan fingerprint density at radius 2 is 2.08 bits per heavy atom. The molecule has 1 N–H and O–H groups in total. The summed E-state index contributed by atoms with van der Waals surface area (Å²) >= 11 is 0. The Balaban J connectivity index is 1.65. The van der Waals surface area contributed by atoms with Gasteiger partial charge in [0.25, 0.3) is 5.69 Å². The molecule has 1 aromatic heterocycles. The Labute approximate surface area is 149 Å². The maximum atomic E-state index is 12.1. The van der Waals surface area contributed by atoms with Gasteiger partial charge in [-0.25, -0.2) is 4.98 Å². The van der Waals surface area contributed by atoms with Gasteiger partial charge in [0.2, 0.25) is 5.91 Å². The quantitative estimate of drug-likeness (QED) is 0.421. The number of aromatic nitrogens is 2. The van der Waals surface area contributed by atoms with Crippen LogP contribution in [0.3, 0.4) is 0 Å². The molecule has 0 bridgehead atoms. The number of benzene rings is 2. The van der Waals surface area contributed by atoms with Crippen LogP contribution in [0.4, 0.5) is 5.69 Å². The van der Waals surface area contributed by atoms with Crippen LogP contribution in [0, 0.1) is 10.1 Å². The van der Waals surface area contributed by atoms with Crippen LogP contribution in [0.5, 0.6) is 0 Å². The highest BCUT2D eigenvalue weighted by Crippen LogP contribution is 2.15. The van der Waals surface area contributed by atoms with E-state index in [1.165, 1.54) is 18.2 Å². The Kier molecular flexibility index (Phi) is 5.19. The van der Waals surface area contributed by atoms with Gasteiger partial charge < -0.3 is 9.88 Å². The highest BCUT2D eigenvalue weighted by Gasteiger charge is 2.06. The van der Waals surface area contributed by atoms with E-state index in [0.29, 0.717) is 12.1 Å². The van der Waals surface area contributed by atoms with Crippen molar-refractivity contribution in [3.63, 3.8) is 0 Å². The van der Waals surface area contributed by atoms with Gasteiger partial charge in [-0.05, 0) is 23.3 Å². The van der Waals surface area contributed by atoms with Crippen molar-refractivity contribution in [2.45, 2.75) is 6.54 Å². The third-order valence-electron chi connectivity index (χ3n) is 3.74. The first kappa shape index (κ1) is 17.1. The maximum absolute atomic E-state index is 12.1. The molecule has 0 fully saturated rings. The molecule has 0 unspecified atom stereocenters. The van der Waals surface area contributed by atoms with Crippen molar-refractivity contribution in [2.24, 2.45) is 0 Å². The van der Waals surface area contributed by atoms with E-state index in [9.17, 15) is 14.9 Å². The lowest BCUT2D eigenvalue weighted by molar-refractivity contribution is -0.384. The molecule has 0 saturated heterocycles. The van der Waals surface area contributed by atoms with Crippen molar-refractivity contribution >= 4 is 17.7 Å². The van der Waals surface area contributed by atoms with Crippen LogP contribution in [-0.2, 0) is 11.3 Å². The zero-order valence-corrected chi connectivity index (χ0v) is 13.8. The third kappa shape index (κ3) is 4.21. The van der Waals surface area contributed by atoms with Gasteiger partial charge in [-0.2, -0.15) is 0 Å². The highest BCUT2D eigenvalue weighted by atomic mass is 16.6. The monoisotopic (exact) mass is 348 g/mol. The number of rotatable bonds is 6. The number of nitro groups is 1. The minimum absolute atomic E-state index is 0.0122. The molecule has 7 heteroatoms. The number of nitro benzene ring substituents is 1. The molecule has 1 amide bonds. The molecular weight excluding hydrogens is 332 g/mol. The Bertz CT molecular complexity index is 949. The molecule has 1 heterocycles. The zero-order valence-electron chi connectivity index (χ0n) is 13.8. The lowest BCUT2D eigenvalue weighted by Gasteiger charge is -2.10. The van der Waals surface area contributed by atoms with E-state index in [2.05, 4.69) is 10.3 Å². The number of carbonyl (C=O) groups is 1. The van der Waals surface area contributed by atoms with Crippen molar-refractivity contribution in [3.8, 4) is 5.69 Å². The van der Waals surface area contributed by atoms with E-state index in [0.717, 1.165) is 11.3 Å². The minimum Gasteiger partial charge on any atom is -0.348 e. The summed E-state index contributed by atoms with van der Waals surface area (Å²) in [6.45, 7) is 0.354. The Morgan fingerprint density at radius 1 is 1.23 bits per heavy atom. The minimum atomic E-state index is -0.468. The van der Waals surface area contributed by atoms with Crippen molar-refractivity contribution in [1.82, 2.24) is 14.9 Å². The van der Waals surface area contributed by atoms with Crippen LogP contribution in [0.2, 0.25) is 0 Å². The Morgan fingerprint density at radius 3 is 2.85 bits per heavy atom. The molecule has 0 aliphatic rings. The lowest BCUT2D eigenvalue weighted by Crippen LogP contribution is -2.21. The predicted molar refractivity (Wildman–Crippen MR) is 97.5 cm³/mol. The summed E-state index contributed by atoms with van der Waals surface area (Å²) in [5, 5.41) is 13.6. The summed E-state index contributed by atoms with van der Waals surface area (Å²) < 4.78 is 1.88. The van der Waals surface area contributed by atoms with Crippen LogP contribution in [0.1, 0.15) is 11.1 Å². The van der Waals surface area contributed by atoms with E-state index in [1.807, 2.05) is 35.0 Å². The predicted octanol–water partition coefficient (Wildman–Crippen LogP) is 3.11. The van der Waals surface area contributed by atoms with Gasteiger partial charge in [0.05, 0.1) is 16.9 Å². The van der Waals surface area contributed by atoms with Crippen LogP contribution < -0.4 is 5.32 Å². The van der Waals surface area contributed by atoms with Crippen LogP contribution >= 0.6 is 0 Å². The van der Waals surface area contributed by atoms with Gasteiger partial charge in [-0.3, -0.25) is 14.9 Å². The van der Waals surface area contributed by atoms with Gasteiger partial charge in [0, 0.05) is 37.1 Å². The number of nitrogens with zero attached hydrogens (tertiary/aromatic N) is 3. The van der Waals surface area contributed by atoms with Crippen LogP contribution in [0.15, 0.2) is 73.3 Å². The lowest BCUT2D eigenvalue weighted by atomic mass is 10.1. The van der Waals surface area contributed by atoms with Gasteiger partial charge in [0.15, 0.2) is 0 Å². The largest absolute Gasteiger partial charge is 0.348 e. The van der Waals surface area contributed by atoms with Crippen molar-refractivity contribution in [2.75, 3.05) is 0 Å². The van der Waals surface area contributed by atoms with E-state index in [4.69, 9.17) is 0 Å². The maximum Gasteiger partial charge on any atom is 0.270 e. The summed E-state index contributed by atoms with van der Waals surface area (Å²) in [4.78, 5) is 26.4. The fourth-order valence-electron chi connectivity index (χ4n) is 2.47. The first-order valence-electron chi connectivity index (χ1n) is 7.90. The number of nitrogens with one attached hydrogen (secondary N) is 1. The van der Waals surface area contributed by atoms with Crippen molar-refractivity contribution < 1.29 is 9.72 Å². The fourth-order valence-corrected chi connectivity index (χ4v) is 2.47. The average molecular weight is 348 g/mol. The van der Waals surface area contributed by atoms with E-state index < -0.39 is 4.92 Å². The molecule has 3 aromatic rings. The molecule has 0 radical (unpaired) electrons. The second-order valence-corrected chi connectivity index (χ2v) is 5.50. The van der Waals surface area contributed by atoms with Gasteiger partial charge in [-0.15, -0.1) is 0 Å². The SMILES string of the molecule is O=C(/C=C/c1cccc([N+](=O)[O-])c1)NCc1ccccc1-n1ccnc1. The second kappa shape index (κ2) is 7.89. The van der Waals surface area contributed by atoms with E-state index in [-0.39, 0.29) is 11.6 Å². The topological polar surface area (TPSA) is 90.1 Å². The van der Waals surface area contributed by atoms with Crippen LogP contribution in [0.25, 0.3) is 11.8 Å². The zero-order chi connectivity index (χ0) is 18.4. The number of para-hydroxylation sites is 1. The molecule has 0 spiro atoms. The number of amides is 1. The number of hydrogen-bond donors (Lipinski definition) is 1. The van der Waals surface area contributed by atoms with E-state index >= 15 is 0 Å². The number of non-ortho nitro benzene ring substituents is 1. The van der Waals surface area contributed by atoms with Crippen molar-refractivity contribution in [1.29, 1.82) is 0 Å². The molecule has 130 valence electrons. The molecule has 0 saturated carbocycles. The smallest absolute Gasteiger partial charge is 0.270 e. The van der Waals surface area contributed by atoms with E-state index in [1.54, 1.807) is 30.7 Å². The second-order valence-electron chi connectivity index (χ2n) is 5.50. The molecule has 26 heavy (non-hydrogen) atoms. The highest BCUT2D eigenvalue weighted by molar-refractivity contribution is 5.91. The first-order chi connectivity index (χ1) is 12.6. The molecule has 0 aliphatic carbocycles. The molecular formula is C19H16N4O3. The normalized spacial score (nSPS) is 10.8. The van der Waals surface area contributed by atoms with Gasteiger partial charge in [0.1, 0.15) is 0 Å². The number of imidazole rings is 1. The summed E-state index contributed by atoms with van der Waals surface area (Å²) in [5.41, 5.74) is 2.46.